The number of rotatable bonds is 42. The second-order valence-electron chi connectivity index (χ2n) is 30.1. The lowest BCUT2D eigenvalue weighted by atomic mass is 9.94. The van der Waals surface area contributed by atoms with Crippen molar-refractivity contribution in [2.24, 2.45) is 11.8 Å². The highest BCUT2D eigenvalue weighted by atomic mass is 32.1. The number of allylic oxidation sites excluding steroid dienone is 6. The molecule has 0 aliphatic heterocycles. The van der Waals surface area contributed by atoms with E-state index in [1.807, 2.05) is 71.2 Å². The number of ketones is 2. The SMILES string of the molecule is CCCCCCCCCCCc1c(/C=C2\C(=O)c3ccccc3C2=C(C#N)C#N)sc2c1sc1c3c4nsnc4c4c5sc6c(CCCCCCCCCCC)c(/C=C7\C(=O)c8ccccc8C7=C(C#N)C#N)sc6c5n(CC(CCCC)CCCCCC)c4c3n(CC(CCCC)CCCCCC)c21. The first-order valence-electron chi connectivity index (χ1n) is 40.5. The van der Waals surface area contributed by atoms with E-state index in [1.54, 1.807) is 22.7 Å². The Morgan fingerprint density at radius 1 is 0.390 bits per heavy atom. The van der Waals surface area contributed by atoms with Crippen LogP contribution in [-0.2, 0) is 25.9 Å². The molecule has 0 bridgehead atoms. The van der Waals surface area contributed by atoms with Gasteiger partial charge in [-0.15, -0.1) is 45.3 Å². The summed E-state index contributed by atoms with van der Waals surface area (Å²) >= 11 is 8.73. The fourth-order valence-electron chi connectivity index (χ4n) is 17.1. The highest BCUT2D eigenvalue weighted by Gasteiger charge is 2.37. The van der Waals surface area contributed by atoms with Crippen molar-refractivity contribution >= 4 is 164 Å². The smallest absolute Gasteiger partial charge is 0.194 e. The molecule has 0 saturated heterocycles. The van der Waals surface area contributed by atoms with E-state index in [1.165, 1.54) is 225 Å². The van der Waals surface area contributed by atoms with E-state index in [4.69, 9.17) is 8.75 Å². The van der Waals surface area contributed by atoms with Crippen molar-refractivity contribution in [1.29, 1.82) is 21.0 Å². The van der Waals surface area contributed by atoms with Gasteiger partial charge in [0.15, 0.2) is 11.6 Å². The number of benzene rings is 3. The molecule has 2 aliphatic carbocycles. The van der Waals surface area contributed by atoms with Gasteiger partial charge < -0.3 is 9.13 Å². The van der Waals surface area contributed by atoms with E-state index >= 15 is 0 Å². The molecule has 10 aromatic rings. The fourth-order valence-corrected chi connectivity index (χ4v) is 23.6. The Labute approximate surface area is 643 Å². The lowest BCUT2D eigenvalue weighted by Crippen LogP contribution is -2.14. The van der Waals surface area contributed by atoms with Crippen molar-refractivity contribution in [3.8, 4) is 24.3 Å². The molecule has 0 saturated carbocycles. The number of fused-ring (bicyclic) bond motifs is 16. The summed E-state index contributed by atoms with van der Waals surface area (Å²) in [6.45, 7) is 15.5. The third-order valence-electron chi connectivity index (χ3n) is 22.7. The predicted molar refractivity (Wildman–Crippen MR) is 449 cm³/mol. The molecule has 0 spiro atoms. The van der Waals surface area contributed by atoms with E-state index in [2.05, 4.69) is 87.1 Å². The summed E-state index contributed by atoms with van der Waals surface area (Å²) in [7, 11) is 0. The van der Waals surface area contributed by atoms with Gasteiger partial charge in [0.25, 0.3) is 0 Å². The summed E-state index contributed by atoms with van der Waals surface area (Å²) < 4.78 is 24.0. The van der Waals surface area contributed by atoms with Gasteiger partial charge in [-0.1, -0.05) is 270 Å². The van der Waals surface area contributed by atoms with Crippen LogP contribution in [0.4, 0.5) is 0 Å². The lowest BCUT2D eigenvalue weighted by Gasteiger charge is -2.22. The molecule has 2 aliphatic rings. The van der Waals surface area contributed by atoms with Crippen molar-refractivity contribution in [3.63, 3.8) is 0 Å². The Kier molecular flexibility index (Phi) is 27.6. The summed E-state index contributed by atoms with van der Waals surface area (Å²) in [5.74, 6) is 0.519. The molecule has 7 heterocycles. The topological polar surface area (TPSA) is 165 Å². The Hall–Kier alpha value is -7.34. The first-order chi connectivity index (χ1) is 51.6. The van der Waals surface area contributed by atoms with Crippen LogP contribution >= 0.6 is 57.1 Å². The van der Waals surface area contributed by atoms with Crippen molar-refractivity contribution in [2.75, 3.05) is 0 Å². The second kappa shape index (κ2) is 37.5. The molecule has 0 fully saturated rings. The van der Waals surface area contributed by atoms with Crippen molar-refractivity contribution in [1.82, 2.24) is 17.9 Å². The first kappa shape index (κ1) is 77.3. The minimum absolute atomic E-state index is 0.0437. The fraction of sp³-hybridized carbons (Fsp3) is 0.511. The number of aryl methyl sites for hydroxylation is 2. The molecular weight excluding hydrogens is 1390 g/mol. The van der Waals surface area contributed by atoms with Crippen molar-refractivity contribution in [2.45, 2.75) is 286 Å². The van der Waals surface area contributed by atoms with Gasteiger partial charge in [-0.2, -0.15) is 29.8 Å². The average Bonchev–Trinajstić information content (AvgIpc) is 1.51. The summed E-state index contributed by atoms with van der Waals surface area (Å²) in [6, 6.07) is 23.7. The molecule has 2 atom stereocenters. The van der Waals surface area contributed by atoms with E-state index in [0.29, 0.717) is 56.4 Å². The number of nitrogens with zero attached hydrogens (tertiary/aromatic N) is 8. The lowest BCUT2D eigenvalue weighted by molar-refractivity contribution is 0.103. The third kappa shape index (κ3) is 16.3. The number of Topliss-reactive ketones (excluding diaryl/α,β-unsaturated/α-hetero) is 2. The van der Waals surface area contributed by atoms with Crippen LogP contribution in [0.5, 0.6) is 0 Å². The van der Waals surface area contributed by atoms with Crippen LogP contribution in [-0.4, -0.2) is 29.4 Å². The normalized spacial score (nSPS) is 14.4. The molecule has 548 valence electrons. The van der Waals surface area contributed by atoms with Crippen molar-refractivity contribution in [3.05, 3.63) is 114 Å². The van der Waals surface area contributed by atoms with Crippen LogP contribution in [0.25, 0.3) is 95.4 Å². The molecule has 0 amide bonds. The van der Waals surface area contributed by atoms with E-state index in [0.717, 1.165) is 124 Å². The Morgan fingerprint density at radius 2 is 0.714 bits per heavy atom. The Balaban J connectivity index is 1.15. The number of hydrogen-bond acceptors (Lipinski definition) is 13. The van der Waals surface area contributed by atoms with Crippen LogP contribution < -0.4 is 0 Å². The standard InChI is InChI=1S/C90H106N8O2S5/c1-7-13-19-23-25-27-29-31-35-49-67-71(51-69-73(61(53-91)54-92)63-45-37-39-47-65(63)83(69)99)101-89-81-87(103-85(67)89)75-77-78(96-105-95-77)76-80(79(75)97(81)57-59(41-17-11-5)43-33-21-15-9-3)98(58-60(42-18-12-6)44-34-22-16-10-4)82-88(76)104-86-68(50-36-32-30-28-26-24-20-14-8-2)72(102-90(82)86)52-70-74(62(55-93)56-94)64-46-38-40-48-66(64)84(70)100/h37-40,45-48,51-52,59-60H,7-36,41-44,49-50,57-58H2,1-6H3/b69-51-,70-52-. The zero-order valence-corrected chi connectivity index (χ0v) is 67.3. The zero-order valence-electron chi connectivity index (χ0n) is 63.2. The minimum atomic E-state index is -0.148. The van der Waals surface area contributed by atoms with Gasteiger partial charge in [0.2, 0.25) is 0 Å². The average molecular weight is 1490 g/mol. The Morgan fingerprint density at radius 3 is 1.07 bits per heavy atom. The molecule has 7 aromatic heterocycles. The van der Waals surface area contributed by atoms with E-state index in [-0.39, 0.29) is 22.7 Å². The van der Waals surface area contributed by atoms with Crippen LogP contribution in [0.3, 0.4) is 0 Å². The number of nitriles is 4. The first-order valence-corrected chi connectivity index (χ1v) is 44.5. The molecule has 12 rings (SSSR count). The maximum absolute atomic E-state index is 14.9. The van der Waals surface area contributed by atoms with E-state index < -0.39 is 0 Å². The van der Waals surface area contributed by atoms with Gasteiger partial charge in [0.05, 0.1) is 62.0 Å². The Bertz CT molecular complexity index is 4740. The number of hydrogen-bond donors (Lipinski definition) is 0. The zero-order chi connectivity index (χ0) is 73.3. The van der Waals surface area contributed by atoms with Gasteiger partial charge in [-0.05, 0) is 97.6 Å². The molecule has 105 heavy (non-hydrogen) atoms. The monoisotopic (exact) mass is 1490 g/mol. The van der Waals surface area contributed by atoms with Gasteiger partial charge >= 0.3 is 0 Å². The molecule has 0 radical (unpaired) electrons. The maximum Gasteiger partial charge on any atom is 0.194 e. The summed E-state index contributed by atoms with van der Waals surface area (Å²) in [4.78, 5) is 31.9. The molecule has 2 unspecified atom stereocenters. The molecule has 3 aromatic carbocycles. The largest absolute Gasteiger partial charge is 0.337 e. The third-order valence-corrected chi connectivity index (χ3v) is 28.3. The van der Waals surface area contributed by atoms with Crippen LogP contribution in [0.2, 0.25) is 0 Å². The highest BCUT2D eigenvalue weighted by Crippen LogP contribution is 2.56. The molecular formula is C90H106N8O2S5. The molecule has 10 nitrogen and oxygen atoms in total. The quantitative estimate of drug-likeness (QED) is 0.0207. The van der Waals surface area contributed by atoms with Crippen LogP contribution in [0, 0.1) is 57.2 Å². The van der Waals surface area contributed by atoms with Crippen LogP contribution in [0.1, 0.15) is 313 Å². The maximum atomic E-state index is 14.9. The number of carbonyl (C=O) groups excluding carboxylic acids is 2. The number of aromatic nitrogens is 4. The number of thiophene rings is 4. The summed E-state index contributed by atoms with van der Waals surface area (Å²) in [6.07, 6.45) is 46.3. The number of carbonyl (C=O) groups is 2. The van der Waals surface area contributed by atoms with Gasteiger partial charge in [0, 0.05) is 67.0 Å². The second-order valence-corrected chi connectivity index (χ2v) is 34.8. The van der Waals surface area contributed by atoms with Crippen LogP contribution in [0.15, 0.2) is 70.8 Å². The molecule has 15 heteroatoms. The van der Waals surface area contributed by atoms with E-state index in [9.17, 15) is 30.6 Å². The predicted octanol–water partition coefficient (Wildman–Crippen LogP) is 28.3. The van der Waals surface area contributed by atoms with Crippen molar-refractivity contribution < 1.29 is 9.59 Å². The highest BCUT2D eigenvalue weighted by molar-refractivity contribution is 7.34. The minimum Gasteiger partial charge on any atom is -0.337 e. The molecule has 0 N–H and O–H groups in total. The van der Waals surface area contributed by atoms with Gasteiger partial charge in [0.1, 0.15) is 46.5 Å². The number of unbranched alkanes of at least 4 members (excludes halogenated alkanes) is 24. The summed E-state index contributed by atoms with van der Waals surface area (Å²) in [5.41, 5.74) is 13.4. The van der Waals surface area contributed by atoms with Gasteiger partial charge in [-0.3, -0.25) is 9.59 Å². The van der Waals surface area contributed by atoms with Gasteiger partial charge in [-0.25, -0.2) is 0 Å². The summed E-state index contributed by atoms with van der Waals surface area (Å²) in [5, 5.41) is 44.7.